The van der Waals surface area contributed by atoms with Crippen LogP contribution >= 0.6 is 0 Å². The molecule has 0 N–H and O–H groups in total. The van der Waals surface area contributed by atoms with Crippen LogP contribution in [0, 0.1) is 0 Å². The van der Waals surface area contributed by atoms with Crippen LogP contribution < -0.4 is 0 Å². The maximum atomic E-state index is 5.40. The number of aromatic nitrogens is 2. The van der Waals surface area contributed by atoms with Gasteiger partial charge in [0.1, 0.15) is 0 Å². The van der Waals surface area contributed by atoms with E-state index in [1.54, 1.807) is 0 Å². The van der Waals surface area contributed by atoms with Gasteiger partial charge in [-0.05, 0) is 114 Å². The molecular formula is C58H38N2. The van der Waals surface area contributed by atoms with Crippen molar-refractivity contribution in [1.82, 2.24) is 9.97 Å². The van der Waals surface area contributed by atoms with Crippen molar-refractivity contribution >= 4 is 32.3 Å². The first-order chi connectivity index (χ1) is 29.7. The number of hydrogen-bond donors (Lipinski definition) is 0. The molecule has 1 heterocycles. The molecular weight excluding hydrogens is 725 g/mol. The van der Waals surface area contributed by atoms with Gasteiger partial charge in [0.05, 0.1) is 11.4 Å². The molecule has 0 aliphatic heterocycles. The van der Waals surface area contributed by atoms with E-state index in [9.17, 15) is 0 Å². The standard InChI is InChI=1S/C58H38N2/c1-5-18-39(19-6-1)45-33-46(40-20-7-2-8-21-40)35-47(34-45)43-26-17-27-44(32-43)48-36-53-51-30-14-13-28-49(51)50-29-15-16-31-52(50)57(53)54(37-48)58-59-55(41-22-9-3-10-23-41)38-56(60-58)42-24-11-4-12-25-42/h1-38H. The third-order valence-corrected chi connectivity index (χ3v) is 11.6. The summed E-state index contributed by atoms with van der Waals surface area (Å²) in [6, 6.07) is 82.5. The molecule has 11 rings (SSSR count). The van der Waals surface area contributed by atoms with Gasteiger partial charge in [-0.3, -0.25) is 0 Å². The monoisotopic (exact) mass is 762 g/mol. The van der Waals surface area contributed by atoms with Gasteiger partial charge in [-0.25, -0.2) is 9.97 Å². The maximum absolute atomic E-state index is 5.40. The predicted octanol–water partition coefficient (Wildman–Crippen LogP) is 15.6. The molecule has 0 aliphatic rings. The molecule has 0 aliphatic carbocycles. The first kappa shape index (κ1) is 35.2. The largest absolute Gasteiger partial charge is 0.228 e. The van der Waals surface area contributed by atoms with Crippen molar-refractivity contribution in [3.05, 3.63) is 231 Å². The van der Waals surface area contributed by atoms with Gasteiger partial charge in [0.2, 0.25) is 0 Å². The third-order valence-electron chi connectivity index (χ3n) is 11.6. The fraction of sp³-hybridized carbons (Fsp3) is 0. The lowest BCUT2D eigenvalue weighted by atomic mass is 9.88. The molecule has 60 heavy (non-hydrogen) atoms. The minimum Gasteiger partial charge on any atom is -0.228 e. The Kier molecular flexibility index (Phi) is 8.87. The van der Waals surface area contributed by atoms with Gasteiger partial charge in [-0.1, -0.05) is 188 Å². The van der Waals surface area contributed by atoms with E-state index in [1.807, 2.05) is 12.1 Å². The minimum atomic E-state index is 0.696. The van der Waals surface area contributed by atoms with Crippen LogP contribution in [0.5, 0.6) is 0 Å². The highest BCUT2D eigenvalue weighted by molar-refractivity contribution is 6.29. The van der Waals surface area contributed by atoms with Crippen LogP contribution in [0.15, 0.2) is 231 Å². The second kappa shape index (κ2) is 15.1. The Hall–Kier alpha value is -7.94. The molecule has 0 saturated heterocycles. The van der Waals surface area contributed by atoms with Crippen molar-refractivity contribution in [3.63, 3.8) is 0 Å². The average Bonchev–Trinajstić information content (AvgIpc) is 3.34. The smallest absolute Gasteiger partial charge is 0.161 e. The Morgan fingerprint density at radius 3 is 1.07 bits per heavy atom. The molecule has 0 fully saturated rings. The molecule has 0 saturated carbocycles. The predicted molar refractivity (Wildman–Crippen MR) is 253 cm³/mol. The van der Waals surface area contributed by atoms with Crippen molar-refractivity contribution in [2.75, 3.05) is 0 Å². The molecule has 2 nitrogen and oxygen atoms in total. The highest BCUT2D eigenvalue weighted by Gasteiger charge is 2.19. The Morgan fingerprint density at radius 1 is 0.217 bits per heavy atom. The maximum Gasteiger partial charge on any atom is 0.161 e. The molecule has 10 aromatic carbocycles. The Labute approximate surface area is 349 Å². The van der Waals surface area contributed by atoms with Crippen LogP contribution in [-0.2, 0) is 0 Å². The Balaban J connectivity index is 1.17. The highest BCUT2D eigenvalue weighted by Crippen LogP contribution is 2.43. The molecule has 0 bridgehead atoms. The van der Waals surface area contributed by atoms with Crippen molar-refractivity contribution in [3.8, 4) is 78.4 Å². The minimum absolute atomic E-state index is 0.696. The van der Waals surface area contributed by atoms with E-state index in [-0.39, 0.29) is 0 Å². The zero-order valence-corrected chi connectivity index (χ0v) is 32.8. The first-order valence-corrected chi connectivity index (χ1v) is 20.5. The number of nitrogens with zero attached hydrogens (tertiary/aromatic N) is 2. The molecule has 0 radical (unpaired) electrons. The molecule has 1 aromatic heterocycles. The summed E-state index contributed by atoms with van der Waals surface area (Å²) in [5.74, 6) is 0.696. The number of rotatable bonds is 7. The van der Waals surface area contributed by atoms with Gasteiger partial charge < -0.3 is 0 Å². The lowest BCUT2D eigenvalue weighted by Crippen LogP contribution is -1.98. The van der Waals surface area contributed by atoms with Crippen LogP contribution in [0.2, 0.25) is 0 Å². The van der Waals surface area contributed by atoms with E-state index in [0.717, 1.165) is 50.2 Å². The Morgan fingerprint density at radius 2 is 0.567 bits per heavy atom. The third kappa shape index (κ3) is 6.51. The van der Waals surface area contributed by atoms with Gasteiger partial charge in [-0.15, -0.1) is 0 Å². The van der Waals surface area contributed by atoms with Gasteiger partial charge >= 0.3 is 0 Å². The van der Waals surface area contributed by atoms with Crippen LogP contribution in [0.3, 0.4) is 0 Å². The van der Waals surface area contributed by atoms with Crippen LogP contribution in [0.1, 0.15) is 0 Å². The summed E-state index contributed by atoms with van der Waals surface area (Å²) in [4.78, 5) is 10.8. The summed E-state index contributed by atoms with van der Waals surface area (Å²) < 4.78 is 0. The number of hydrogen-bond acceptors (Lipinski definition) is 2. The van der Waals surface area contributed by atoms with Crippen LogP contribution in [0.4, 0.5) is 0 Å². The quantitative estimate of drug-likeness (QED) is 0.151. The van der Waals surface area contributed by atoms with Gasteiger partial charge in [-0.2, -0.15) is 0 Å². The lowest BCUT2D eigenvalue weighted by Gasteiger charge is -2.17. The van der Waals surface area contributed by atoms with E-state index in [2.05, 4.69) is 218 Å². The summed E-state index contributed by atoms with van der Waals surface area (Å²) in [7, 11) is 0. The molecule has 0 unspecified atom stereocenters. The van der Waals surface area contributed by atoms with E-state index in [1.165, 1.54) is 54.7 Å². The molecule has 2 heteroatoms. The first-order valence-electron chi connectivity index (χ1n) is 20.5. The average molecular weight is 763 g/mol. The Bertz CT molecular complexity index is 3220. The van der Waals surface area contributed by atoms with Gasteiger partial charge in [0, 0.05) is 22.1 Å². The molecule has 11 aromatic rings. The molecule has 0 spiro atoms. The number of benzene rings is 10. The zero-order valence-electron chi connectivity index (χ0n) is 32.8. The van der Waals surface area contributed by atoms with Crippen molar-refractivity contribution in [2.24, 2.45) is 0 Å². The normalized spacial score (nSPS) is 11.3. The van der Waals surface area contributed by atoms with Crippen molar-refractivity contribution in [1.29, 1.82) is 0 Å². The molecule has 0 atom stereocenters. The van der Waals surface area contributed by atoms with E-state index in [4.69, 9.17) is 9.97 Å². The van der Waals surface area contributed by atoms with Gasteiger partial charge in [0.25, 0.3) is 0 Å². The summed E-state index contributed by atoms with van der Waals surface area (Å²) in [6.07, 6.45) is 0. The lowest BCUT2D eigenvalue weighted by molar-refractivity contribution is 1.19. The summed E-state index contributed by atoms with van der Waals surface area (Å²) in [5.41, 5.74) is 14.2. The zero-order chi connectivity index (χ0) is 39.8. The fourth-order valence-electron chi connectivity index (χ4n) is 8.72. The molecule has 0 amide bonds. The summed E-state index contributed by atoms with van der Waals surface area (Å²) in [6.45, 7) is 0. The second-order valence-electron chi connectivity index (χ2n) is 15.3. The number of fused-ring (bicyclic) bond motifs is 6. The highest BCUT2D eigenvalue weighted by atomic mass is 14.9. The van der Waals surface area contributed by atoms with Crippen molar-refractivity contribution in [2.45, 2.75) is 0 Å². The van der Waals surface area contributed by atoms with E-state index < -0.39 is 0 Å². The van der Waals surface area contributed by atoms with Crippen LogP contribution in [-0.4, -0.2) is 9.97 Å². The van der Waals surface area contributed by atoms with E-state index in [0.29, 0.717) is 5.82 Å². The fourth-order valence-corrected chi connectivity index (χ4v) is 8.72. The summed E-state index contributed by atoms with van der Waals surface area (Å²) in [5, 5.41) is 7.16. The SMILES string of the molecule is c1ccc(-c2cc(-c3ccccc3)cc(-c3cccc(-c4cc(-c5nc(-c6ccccc6)cc(-c6ccccc6)n5)c5c6ccccc6c6ccccc6c5c4)c3)c2)cc1. The second-order valence-corrected chi connectivity index (χ2v) is 15.3. The van der Waals surface area contributed by atoms with E-state index >= 15 is 0 Å². The topological polar surface area (TPSA) is 25.8 Å². The van der Waals surface area contributed by atoms with Gasteiger partial charge in [0.15, 0.2) is 5.82 Å². The summed E-state index contributed by atoms with van der Waals surface area (Å²) >= 11 is 0. The van der Waals surface area contributed by atoms with Crippen LogP contribution in [0.25, 0.3) is 111 Å². The van der Waals surface area contributed by atoms with Crippen molar-refractivity contribution < 1.29 is 0 Å². The molecule has 280 valence electrons.